The molecule has 0 fully saturated rings. The molecule has 0 bridgehead atoms. The molecular weight excluding hydrogens is 259 g/mol. The van der Waals surface area contributed by atoms with Gasteiger partial charge in [0.15, 0.2) is 0 Å². The van der Waals surface area contributed by atoms with Crippen molar-refractivity contribution in [3.05, 3.63) is 36.3 Å². The summed E-state index contributed by atoms with van der Waals surface area (Å²) in [6, 6.07) is 3.77. The fourth-order valence-electron chi connectivity index (χ4n) is 1.56. The molecule has 2 N–H and O–H groups in total. The number of halogens is 3. The van der Waals surface area contributed by atoms with E-state index in [-0.39, 0.29) is 5.88 Å². The Morgan fingerprint density at radius 2 is 1.89 bits per heavy atom. The fraction of sp³-hybridized carbons (Fsp3) is 0.167. The zero-order valence-corrected chi connectivity index (χ0v) is 9.90. The summed E-state index contributed by atoms with van der Waals surface area (Å²) in [5.41, 5.74) is 5.97. The van der Waals surface area contributed by atoms with Gasteiger partial charge in [-0.15, -0.1) is 0 Å². The summed E-state index contributed by atoms with van der Waals surface area (Å²) in [4.78, 5) is 7.33. The number of anilines is 1. The molecule has 100 valence electrons. The van der Waals surface area contributed by atoms with E-state index in [1.807, 2.05) is 0 Å². The molecule has 7 heteroatoms. The van der Waals surface area contributed by atoms with E-state index in [4.69, 9.17) is 10.5 Å². The van der Waals surface area contributed by atoms with Crippen LogP contribution in [0.4, 0.5) is 18.9 Å². The normalized spacial score (nSPS) is 11.4. The summed E-state index contributed by atoms with van der Waals surface area (Å²) in [5, 5.41) is 0. The number of nitrogens with zero attached hydrogens (tertiary/aromatic N) is 2. The number of pyridine rings is 2. The van der Waals surface area contributed by atoms with Gasteiger partial charge >= 0.3 is 6.18 Å². The van der Waals surface area contributed by atoms with Crippen LogP contribution in [0.1, 0.15) is 5.69 Å². The van der Waals surface area contributed by atoms with Crippen LogP contribution in [0.15, 0.2) is 30.6 Å². The SMILES string of the molecule is COc1ncc(N)cc1-c1ccc(C(F)(F)F)nc1. The molecule has 0 aromatic carbocycles. The van der Waals surface area contributed by atoms with Crippen molar-refractivity contribution in [3.63, 3.8) is 0 Å². The van der Waals surface area contributed by atoms with E-state index in [2.05, 4.69) is 9.97 Å². The first kappa shape index (κ1) is 13.1. The van der Waals surface area contributed by atoms with Gasteiger partial charge in [-0.25, -0.2) is 4.98 Å². The quantitative estimate of drug-likeness (QED) is 0.910. The van der Waals surface area contributed by atoms with Gasteiger partial charge in [0.05, 0.1) is 19.0 Å². The molecule has 0 spiro atoms. The molecule has 19 heavy (non-hydrogen) atoms. The molecule has 2 aromatic rings. The zero-order valence-electron chi connectivity index (χ0n) is 9.90. The maximum Gasteiger partial charge on any atom is 0.433 e. The number of aromatic nitrogens is 2. The van der Waals surface area contributed by atoms with Crippen LogP contribution in [-0.4, -0.2) is 17.1 Å². The Bertz CT molecular complexity index is 582. The number of rotatable bonds is 2. The highest BCUT2D eigenvalue weighted by Gasteiger charge is 2.32. The van der Waals surface area contributed by atoms with Crippen LogP contribution < -0.4 is 10.5 Å². The van der Waals surface area contributed by atoms with Crippen molar-refractivity contribution in [1.82, 2.24) is 9.97 Å². The summed E-state index contributed by atoms with van der Waals surface area (Å²) >= 11 is 0. The molecule has 0 aliphatic carbocycles. The average Bonchev–Trinajstić information content (AvgIpc) is 2.38. The lowest BCUT2D eigenvalue weighted by Gasteiger charge is -2.09. The maximum absolute atomic E-state index is 12.4. The second-order valence-electron chi connectivity index (χ2n) is 3.76. The summed E-state index contributed by atoms with van der Waals surface area (Å²) < 4.78 is 42.3. The Morgan fingerprint density at radius 3 is 2.42 bits per heavy atom. The topological polar surface area (TPSA) is 61.0 Å². The van der Waals surface area contributed by atoms with Crippen LogP contribution in [-0.2, 0) is 6.18 Å². The molecule has 0 radical (unpaired) electrons. The van der Waals surface area contributed by atoms with Crippen LogP contribution in [0.25, 0.3) is 11.1 Å². The standard InChI is InChI=1S/C12H10F3N3O/c1-19-11-9(4-8(16)6-18-11)7-2-3-10(17-5-7)12(13,14)15/h2-6H,16H2,1H3. The van der Waals surface area contributed by atoms with E-state index < -0.39 is 11.9 Å². The second-order valence-corrected chi connectivity index (χ2v) is 3.76. The molecule has 0 unspecified atom stereocenters. The van der Waals surface area contributed by atoms with E-state index >= 15 is 0 Å². The van der Waals surface area contributed by atoms with E-state index in [9.17, 15) is 13.2 Å². The summed E-state index contributed by atoms with van der Waals surface area (Å²) in [6.07, 6.45) is -1.95. The van der Waals surface area contributed by atoms with Crippen LogP contribution in [0.5, 0.6) is 5.88 Å². The molecule has 4 nitrogen and oxygen atoms in total. The predicted molar refractivity (Wildman–Crippen MR) is 63.4 cm³/mol. The molecule has 0 amide bonds. The molecule has 2 heterocycles. The third-order valence-corrected chi connectivity index (χ3v) is 2.43. The Hall–Kier alpha value is -2.31. The van der Waals surface area contributed by atoms with Crippen LogP contribution >= 0.6 is 0 Å². The third-order valence-electron chi connectivity index (χ3n) is 2.43. The molecular formula is C12H10F3N3O. The molecule has 0 saturated heterocycles. The minimum atomic E-state index is -4.46. The summed E-state index contributed by atoms with van der Waals surface area (Å²) in [6.45, 7) is 0. The lowest BCUT2D eigenvalue weighted by Crippen LogP contribution is -2.07. The second kappa shape index (κ2) is 4.75. The Balaban J connectivity index is 2.45. The zero-order chi connectivity index (χ0) is 14.0. The van der Waals surface area contributed by atoms with Gasteiger partial charge in [-0.3, -0.25) is 4.98 Å². The smallest absolute Gasteiger partial charge is 0.433 e. The minimum Gasteiger partial charge on any atom is -0.481 e. The lowest BCUT2D eigenvalue weighted by atomic mass is 10.1. The molecule has 0 atom stereocenters. The van der Waals surface area contributed by atoms with Gasteiger partial charge in [-0.1, -0.05) is 6.07 Å². The molecule has 0 saturated carbocycles. The van der Waals surface area contributed by atoms with E-state index in [0.717, 1.165) is 12.3 Å². The van der Waals surface area contributed by atoms with Crippen molar-refractivity contribution in [1.29, 1.82) is 0 Å². The summed E-state index contributed by atoms with van der Waals surface area (Å²) in [7, 11) is 1.42. The largest absolute Gasteiger partial charge is 0.481 e. The number of hydrogen-bond donors (Lipinski definition) is 1. The van der Waals surface area contributed by atoms with Gasteiger partial charge in [0.2, 0.25) is 5.88 Å². The average molecular weight is 269 g/mol. The third kappa shape index (κ3) is 2.75. The van der Waals surface area contributed by atoms with Crippen LogP contribution in [0.3, 0.4) is 0 Å². The van der Waals surface area contributed by atoms with Crippen LogP contribution in [0.2, 0.25) is 0 Å². The van der Waals surface area contributed by atoms with E-state index in [0.29, 0.717) is 16.8 Å². The predicted octanol–water partition coefficient (Wildman–Crippen LogP) is 2.75. The first-order valence-electron chi connectivity index (χ1n) is 5.25. The first-order chi connectivity index (χ1) is 8.91. The van der Waals surface area contributed by atoms with Crippen molar-refractivity contribution in [2.45, 2.75) is 6.18 Å². The number of hydrogen-bond acceptors (Lipinski definition) is 4. The van der Waals surface area contributed by atoms with Crippen LogP contribution in [0, 0.1) is 0 Å². The minimum absolute atomic E-state index is 0.274. The van der Waals surface area contributed by atoms with Gasteiger partial charge in [0.25, 0.3) is 0 Å². The van der Waals surface area contributed by atoms with E-state index in [1.54, 1.807) is 6.07 Å². The van der Waals surface area contributed by atoms with Crippen molar-refractivity contribution in [2.75, 3.05) is 12.8 Å². The highest BCUT2D eigenvalue weighted by molar-refractivity contribution is 5.71. The van der Waals surface area contributed by atoms with Gasteiger partial charge in [-0.2, -0.15) is 13.2 Å². The molecule has 2 aromatic heterocycles. The Labute approximate surface area is 107 Å². The summed E-state index contributed by atoms with van der Waals surface area (Å²) in [5.74, 6) is 0.274. The lowest BCUT2D eigenvalue weighted by molar-refractivity contribution is -0.141. The van der Waals surface area contributed by atoms with Crippen molar-refractivity contribution in [2.24, 2.45) is 0 Å². The van der Waals surface area contributed by atoms with Gasteiger partial charge < -0.3 is 10.5 Å². The van der Waals surface area contributed by atoms with Crippen molar-refractivity contribution >= 4 is 5.69 Å². The highest BCUT2D eigenvalue weighted by Crippen LogP contribution is 2.32. The monoisotopic (exact) mass is 269 g/mol. The van der Waals surface area contributed by atoms with Gasteiger partial charge in [-0.05, 0) is 12.1 Å². The number of ether oxygens (including phenoxy) is 1. The number of nitrogen functional groups attached to an aromatic ring is 1. The molecule has 0 aliphatic rings. The number of methoxy groups -OCH3 is 1. The number of alkyl halides is 3. The highest BCUT2D eigenvalue weighted by atomic mass is 19.4. The molecule has 0 aliphatic heterocycles. The van der Waals surface area contributed by atoms with Crippen molar-refractivity contribution < 1.29 is 17.9 Å². The Morgan fingerprint density at radius 1 is 1.16 bits per heavy atom. The number of nitrogens with two attached hydrogens (primary N) is 1. The van der Waals surface area contributed by atoms with Gasteiger partial charge in [0.1, 0.15) is 5.69 Å². The van der Waals surface area contributed by atoms with Gasteiger partial charge in [0, 0.05) is 17.3 Å². The maximum atomic E-state index is 12.4. The molecule has 2 rings (SSSR count). The first-order valence-corrected chi connectivity index (χ1v) is 5.25. The van der Waals surface area contributed by atoms with E-state index in [1.165, 1.54) is 19.4 Å². The Kier molecular flexibility index (Phi) is 3.28. The fourth-order valence-corrected chi connectivity index (χ4v) is 1.56. The van der Waals surface area contributed by atoms with Crippen molar-refractivity contribution in [3.8, 4) is 17.0 Å².